The Kier molecular flexibility index (Phi) is 7.00. The molecule has 4 rings (SSSR count). The predicted molar refractivity (Wildman–Crippen MR) is 119 cm³/mol. The maximum Gasteiger partial charge on any atom is 0.255 e. The van der Waals surface area contributed by atoms with Crippen molar-refractivity contribution in [1.82, 2.24) is 15.1 Å². The largest absolute Gasteiger partial charge is 0.497 e. The van der Waals surface area contributed by atoms with E-state index in [0.717, 1.165) is 58.3 Å². The fourth-order valence-electron chi connectivity index (χ4n) is 4.73. The number of methoxy groups -OCH3 is 1. The number of carbonyl (C=O) groups is 2. The summed E-state index contributed by atoms with van der Waals surface area (Å²) in [5, 5.41) is 3.11. The van der Waals surface area contributed by atoms with Gasteiger partial charge in [-0.05, 0) is 57.0 Å². The van der Waals surface area contributed by atoms with Crippen molar-refractivity contribution in [3.8, 4) is 11.5 Å². The van der Waals surface area contributed by atoms with Gasteiger partial charge in [0.2, 0.25) is 5.91 Å². The lowest BCUT2D eigenvalue weighted by molar-refractivity contribution is -0.134. The summed E-state index contributed by atoms with van der Waals surface area (Å²) in [6, 6.07) is 5.80. The number of rotatable bonds is 8. The number of nitrogens with one attached hydrogen (secondary N) is 1. The van der Waals surface area contributed by atoms with Crippen LogP contribution in [0.25, 0.3) is 0 Å². The van der Waals surface area contributed by atoms with E-state index in [1.807, 2.05) is 17.0 Å². The zero-order valence-electron chi connectivity index (χ0n) is 18.8. The number of piperidine rings is 1. The molecule has 1 aromatic carbocycles. The van der Waals surface area contributed by atoms with Crippen molar-refractivity contribution in [1.29, 1.82) is 0 Å². The van der Waals surface area contributed by atoms with Crippen LogP contribution < -0.4 is 14.8 Å². The number of hydrogen-bond donors (Lipinski definition) is 1. The number of likely N-dealkylation sites (tertiary alicyclic amines) is 2. The van der Waals surface area contributed by atoms with E-state index in [4.69, 9.17) is 9.47 Å². The second-order valence-corrected chi connectivity index (χ2v) is 8.91. The first kappa shape index (κ1) is 21.9. The summed E-state index contributed by atoms with van der Waals surface area (Å²) >= 11 is 0. The van der Waals surface area contributed by atoms with E-state index in [1.165, 1.54) is 6.42 Å². The summed E-state index contributed by atoms with van der Waals surface area (Å²) in [7, 11) is 1.60. The second-order valence-electron chi connectivity index (χ2n) is 8.91. The Labute approximate surface area is 185 Å². The van der Waals surface area contributed by atoms with Crippen molar-refractivity contribution in [2.45, 2.75) is 57.6 Å². The first-order chi connectivity index (χ1) is 15.1. The lowest BCUT2D eigenvalue weighted by Gasteiger charge is -2.32. The van der Waals surface area contributed by atoms with Crippen molar-refractivity contribution in [2.75, 3.05) is 39.8 Å². The Balaban J connectivity index is 1.37. The van der Waals surface area contributed by atoms with Crippen molar-refractivity contribution >= 4 is 11.8 Å². The predicted octanol–water partition coefficient (Wildman–Crippen LogP) is 2.69. The van der Waals surface area contributed by atoms with E-state index in [1.54, 1.807) is 13.2 Å². The maximum atomic E-state index is 13.0. The highest BCUT2D eigenvalue weighted by atomic mass is 16.5. The molecule has 7 nitrogen and oxygen atoms in total. The zero-order chi connectivity index (χ0) is 21.8. The molecule has 31 heavy (non-hydrogen) atoms. The van der Waals surface area contributed by atoms with Gasteiger partial charge in [-0.3, -0.25) is 14.5 Å². The molecule has 1 saturated carbocycles. The minimum absolute atomic E-state index is 0.00797. The van der Waals surface area contributed by atoms with E-state index in [0.29, 0.717) is 35.6 Å². The molecule has 7 heteroatoms. The zero-order valence-corrected chi connectivity index (χ0v) is 18.8. The number of benzene rings is 1. The van der Waals surface area contributed by atoms with Crippen LogP contribution in [0.2, 0.25) is 0 Å². The van der Waals surface area contributed by atoms with Crippen molar-refractivity contribution in [2.24, 2.45) is 5.92 Å². The highest BCUT2D eigenvalue weighted by Crippen LogP contribution is 2.33. The van der Waals surface area contributed by atoms with Gasteiger partial charge in [-0.2, -0.15) is 0 Å². The molecule has 2 amide bonds. The van der Waals surface area contributed by atoms with E-state index in [9.17, 15) is 9.59 Å². The van der Waals surface area contributed by atoms with Gasteiger partial charge in [0.05, 0.1) is 12.7 Å². The minimum Gasteiger partial charge on any atom is -0.497 e. The molecule has 2 aliphatic heterocycles. The Morgan fingerprint density at radius 1 is 1.10 bits per heavy atom. The first-order valence-corrected chi connectivity index (χ1v) is 11.7. The Hall–Kier alpha value is -2.28. The summed E-state index contributed by atoms with van der Waals surface area (Å²) in [5.74, 6) is 1.66. The molecule has 0 radical (unpaired) electrons. The van der Waals surface area contributed by atoms with E-state index in [2.05, 4.69) is 17.1 Å². The molecule has 3 fully saturated rings. The summed E-state index contributed by atoms with van der Waals surface area (Å²) in [6.07, 6.45) is 5.97. The number of carbonyl (C=O) groups excluding carboxylic acids is 2. The molecular weight excluding hydrogens is 394 g/mol. The lowest BCUT2D eigenvalue weighted by Crippen LogP contribution is -2.42. The fourth-order valence-corrected chi connectivity index (χ4v) is 4.73. The molecule has 0 spiro atoms. The van der Waals surface area contributed by atoms with Crippen LogP contribution in [0.5, 0.6) is 11.5 Å². The quantitative estimate of drug-likeness (QED) is 0.688. The summed E-state index contributed by atoms with van der Waals surface area (Å²) < 4.78 is 11.6. The van der Waals surface area contributed by atoms with Crippen LogP contribution in [0, 0.1) is 5.92 Å². The third-order valence-electron chi connectivity index (χ3n) is 6.81. The molecule has 1 atom stereocenters. The van der Waals surface area contributed by atoms with Gasteiger partial charge >= 0.3 is 0 Å². The monoisotopic (exact) mass is 429 g/mol. The third-order valence-corrected chi connectivity index (χ3v) is 6.81. The number of nitrogens with zero attached hydrogens (tertiary/aromatic N) is 2. The highest BCUT2D eigenvalue weighted by molar-refractivity contribution is 5.97. The normalized spacial score (nSPS) is 22.4. The second kappa shape index (κ2) is 9.90. The molecular formula is C24H35N3O4. The molecule has 3 aliphatic rings. The number of hydrogen-bond acceptors (Lipinski definition) is 5. The van der Waals surface area contributed by atoms with Crippen LogP contribution in [-0.4, -0.2) is 73.6 Å². The van der Waals surface area contributed by atoms with Crippen LogP contribution in [-0.2, 0) is 4.79 Å². The van der Waals surface area contributed by atoms with Gasteiger partial charge in [-0.1, -0.05) is 6.92 Å². The van der Waals surface area contributed by atoms with Gasteiger partial charge in [-0.25, -0.2) is 0 Å². The van der Waals surface area contributed by atoms with Crippen LogP contribution >= 0.6 is 0 Å². The van der Waals surface area contributed by atoms with Crippen LogP contribution in [0.4, 0.5) is 0 Å². The van der Waals surface area contributed by atoms with Crippen molar-refractivity contribution in [3.63, 3.8) is 0 Å². The van der Waals surface area contributed by atoms with Gasteiger partial charge in [0.1, 0.15) is 17.6 Å². The molecule has 1 unspecified atom stereocenters. The first-order valence-electron chi connectivity index (χ1n) is 11.7. The number of ether oxygens (including phenoxy) is 2. The minimum atomic E-state index is -0.127. The average Bonchev–Trinajstić information content (AvgIpc) is 3.55. The molecule has 1 N–H and O–H groups in total. The van der Waals surface area contributed by atoms with Crippen molar-refractivity contribution in [3.05, 3.63) is 23.8 Å². The molecule has 170 valence electrons. The van der Waals surface area contributed by atoms with Gasteiger partial charge in [0, 0.05) is 44.4 Å². The van der Waals surface area contributed by atoms with Gasteiger partial charge in [-0.15, -0.1) is 0 Å². The van der Waals surface area contributed by atoms with Gasteiger partial charge < -0.3 is 19.7 Å². The molecule has 2 saturated heterocycles. The Morgan fingerprint density at radius 3 is 2.55 bits per heavy atom. The highest BCUT2D eigenvalue weighted by Gasteiger charge is 2.35. The van der Waals surface area contributed by atoms with Gasteiger partial charge in [0.15, 0.2) is 0 Å². The number of likely N-dealkylation sites (N-methyl/N-ethyl adjacent to an activating group) is 1. The number of amides is 2. The molecule has 0 bridgehead atoms. The van der Waals surface area contributed by atoms with Crippen molar-refractivity contribution < 1.29 is 19.1 Å². The molecule has 1 aromatic rings. The standard InChI is InChI=1S/C24H35N3O4/c1-3-26-12-4-5-18(26)16-25-23(28)21-15-20(30-2)8-9-22(21)31-19-10-13-27(14-11-19)24(29)17-6-7-17/h8-9,15,17-19H,3-7,10-14,16H2,1-2H3,(H,25,28). The molecule has 2 heterocycles. The lowest BCUT2D eigenvalue weighted by atomic mass is 10.1. The summed E-state index contributed by atoms with van der Waals surface area (Å²) in [4.78, 5) is 29.7. The molecule has 1 aliphatic carbocycles. The Bertz CT molecular complexity index is 787. The molecule has 0 aromatic heterocycles. The van der Waals surface area contributed by atoms with E-state index >= 15 is 0 Å². The van der Waals surface area contributed by atoms with E-state index in [-0.39, 0.29) is 17.9 Å². The SMILES string of the molecule is CCN1CCCC1CNC(=O)c1cc(OC)ccc1OC1CCN(C(=O)C2CC2)CC1. The van der Waals surface area contributed by atoms with Crippen LogP contribution in [0.3, 0.4) is 0 Å². The smallest absolute Gasteiger partial charge is 0.255 e. The maximum absolute atomic E-state index is 13.0. The third kappa shape index (κ3) is 5.32. The average molecular weight is 430 g/mol. The van der Waals surface area contributed by atoms with Crippen LogP contribution in [0.1, 0.15) is 55.8 Å². The summed E-state index contributed by atoms with van der Waals surface area (Å²) in [6.45, 7) is 6.38. The van der Waals surface area contributed by atoms with E-state index < -0.39 is 0 Å². The van der Waals surface area contributed by atoms with Gasteiger partial charge in [0.25, 0.3) is 5.91 Å². The van der Waals surface area contributed by atoms with Crippen LogP contribution in [0.15, 0.2) is 18.2 Å². The topological polar surface area (TPSA) is 71.1 Å². The summed E-state index contributed by atoms with van der Waals surface area (Å²) in [5.41, 5.74) is 0.511. The Morgan fingerprint density at radius 2 is 1.87 bits per heavy atom. The fraction of sp³-hybridized carbons (Fsp3) is 0.667.